The van der Waals surface area contributed by atoms with Gasteiger partial charge in [0.05, 0.1) is 5.69 Å². The highest BCUT2D eigenvalue weighted by Crippen LogP contribution is 2.19. The van der Waals surface area contributed by atoms with E-state index in [4.69, 9.17) is 0 Å². The van der Waals surface area contributed by atoms with Crippen molar-refractivity contribution in [3.05, 3.63) is 57.3 Å². The van der Waals surface area contributed by atoms with E-state index in [9.17, 15) is 4.79 Å². The monoisotopic (exact) mass is 282 g/mol. The van der Waals surface area contributed by atoms with Gasteiger partial charge in [0.25, 0.3) is 5.56 Å². The Morgan fingerprint density at radius 3 is 2.71 bits per heavy atom. The van der Waals surface area contributed by atoms with Gasteiger partial charge in [-0.3, -0.25) is 9.89 Å². The minimum atomic E-state index is -0.164. The van der Waals surface area contributed by atoms with Crippen molar-refractivity contribution in [2.45, 2.75) is 33.1 Å². The molecule has 3 rings (SSSR count). The van der Waals surface area contributed by atoms with E-state index < -0.39 is 0 Å². The number of H-pyrrole nitrogens is 2. The molecule has 21 heavy (non-hydrogen) atoms. The van der Waals surface area contributed by atoms with E-state index in [2.05, 4.69) is 39.2 Å². The molecule has 0 spiro atoms. The van der Waals surface area contributed by atoms with Gasteiger partial charge in [-0.05, 0) is 24.0 Å². The molecule has 0 bridgehead atoms. The van der Waals surface area contributed by atoms with Gasteiger partial charge in [-0.15, -0.1) is 0 Å². The van der Waals surface area contributed by atoms with Crippen LogP contribution in [0.3, 0.4) is 0 Å². The molecule has 2 aromatic heterocycles. The van der Waals surface area contributed by atoms with E-state index in [0.717, 1.165) is 11.3 Å². The first-order valence-corrected chi connectivity index (χ1v) is 7.08. The lowest BCUT2D eigenvalue weighted by molar-refractivity contribution is 0.814. The van der Waals surface area contributed by atoms with Gasteiger partial charge in [-0.2, -0.15) is 5.10 Å². The van der Waals surface area contributed by atoms with Gasteiger partial charge in [0.15, 0.2) is 0 Å². The second-order valence-electron chi connectivity index (χ2n) is 5.60. The van der Waals surface area contributed by atoms with Crippen LogP contribution in [-0.2, 0) is 6.42 Å². The van der Waals surface area contributed by atoms with Gasteiger partial charge < -0.3 is 4.98 Å². The number of aryl methyl sites for hydroxylation is 1. The molecule has 0 unspecified atom stereocenters. The predicted molar refractivity (Wildman–Crippen MR) is 82.6 cm³/mol. The standard InChI is InChI=1S/C16H18N4O/c1-9(2)13-14-15(20-19-13)16(21)18-12(17-14)8-11-7-5-4-6-10(11)3/h4-7,9H,8H2,1-3H3,(H,19,20)(H,17,18,21). The third-order valence-corrected chi connectivity index (χ3v) is 3.67. The quantitative estimate of drug-likeness (QED) is 0.775. The van der Waals surface area contributed by atoms with Gasteiger partial charge in [-0.25, -0.2) is 4.98 Å². The van der Waals surface area contributed by atoms with Gasteiger partial charge in [0.2, 0.25) is 0 Å². The number of nitrogens with one attached hydrogen (secondary N) is 2. The van der Waals surface area contributed by atoms with Crippen LogP contribution in [0.2, 0.25) is 0 Å². The lowest BCUT2D eigenvalue weighted by atomic mass is 10.1. The van der Waals surface area contributed by atoms with Crippen LogP contribution < -0.4 is 5.56 Å². The summed E-state index contributed by atoms with van der Waals surface area (Å²) in [5, 5.41) is 7.00. The van der Waals surface area contributed by atoms with Crippen molar-refractivity contribution in [1.82, 2.24) is 20.2 Å². The van der Waals surface area contributed by atoms with Crippen molar-refractivity contribution >= 4 is 11.0 Å². The summed E-state index contributed by atoms with van der Waals surface area (Å²) in [5.74, 6) is 0.893. The minimum absolute atomic E-state index is 0.164. The molecular formula is C16H18N4O. The Hall–Kier alpha value is -2.43. The lowest BCUT2D eigenvalue weighted by Gasteiger charge is -2.06. The molecule has 0 amide bonds. The summed E-state index contributed by atoms with van der Waals surface area (Å²) in [6, 6.07) is 8.11. The van der Waals surface area contributed by atoms with E-state index in [1.54, 1.807) is 0 Å². The fourth-order valence-corrected chi connectivity index (χ4v) is 2.45. The topological polar surface area (TPSA) is 74.4 Å². The second kappa shape index (κ2) is 5.16. The second-order valence-corrected chi connectivity index (χ2v) is 5.60. The zero-order valence-corrected chi connectivity index (χ0v) is 12.4. The molecule has 0 fully saturated rings. The van der Waals surface area contributed by atoms with Crippen LogP contribution in [0.4, 0.5) is 0 Å². The number of fused-ring (bicyclic) bond motifs is 1. The number of hydrogen-bond acceptors (Lipinski definition) is 3. The summed E-state index contributed by atoms with van der Waals surface area (Å²) in [4.78, 5) is 19.6. The van der Waals surface area contributed by atoms with Crippen LogP contribution >= 0.6 is 0 Å². The maximum Gasteiger partial charge on any atom is 0.276 e. The normalized spacial score (nSPS) is 11.4. The van der Waals surface area contributed by atoms with Gasteiger partial charge in [0.1, 0.15) is 16.9 Å². The number of rotatable bonds is 3. The van der Waals surface area contributed by atoms with Crippen LogP contribution in [0.15, 0.2) is 29.1 Å². The van der Waals surface area contributed by atoms with E-state index >= 15 is 0 Å². The van der Waals surface area contributed by atoms with Crippen LogP contribution in [0.25, 0.3) is 11.0 Å². The highest BCUT2D eigenvalue weighted by atomic mass is 16.1. The van der Waals surface area contributed by atoms with E-state index in [1.807, 2.05) is 26.0 Å². The van der Waals surface area contributed by atoms with Crippen LogP contribution in [0.1, 0.15) is 42.4 Å². The molecule has 0 saturated carbocycles. The van der Waals surface area contributed by atoms with Crippen molar-refractivity contribution in [2.24, 2.45) is 0 Å². The maximum atomic E-state index is 12.1. The maximum absolute atomic E-state index is 12.1. The van der Waals surface area contributed by atoms with Crippen molar-refractivity contribution in [1.29, 1.82) is 0 Å². The van der Waals surface area contributed by atoms with E-state index in [-0.39, 0.29) is 11.5 Å². The SMILES string of the molecule is Cc1ccccc1Cc1nc2c(C(C)C)n[nH]c2c(=O)[nH]1. The Balaban J connectivity index is 2.10. The first-order chi connectivity index (χ1) is 10.1. The Morgan fingerprint density at radius 2 is 2.00 bits per heavy atom. The van der Waals surface area contributed by atoms with Gasteiger partial charge >= 0.3 is 0 Å². The molecule has 1 aromatic carbocycles. The van der Waals surface area contributed by atoms with E-state index in [1.165, 1.54) is 5.56 Å². The van der Waals surface area contributed by atoms with Crippen molar-refractivity contribution < 1.29 is 0 Å². The number of aromatic amines is 2. The molecule has 0 aliphatic carbocycles. The number of benzene rings is 1. The molecule has 3 aromatic rings. The molecule has 5 nitrogen and oxygen atoms in total. The number of nitrogens with zero attached hydrogens (tertiary/aromatic N) is 2. The Bertz CT molecular complexity index is 845. The summed E-state index contributed by atoms with van der Waals surface area (Å²) < 4.78 is 0. The molecule has 108 valence electrons. The predicted octanol–water partition coefficient (Wildman–Crippen LogP) is 2.67. The number of aromatic nitrogens is 4. The number of hydrogen-bond donors (Lipinski definition) is 2. The summed E-state index contributed by atoms with van der Waals surface area (Å²) in [7, 11) is 0. The molecule has 0 atom stereocenters. The average Bonchev–Trinajstić information content (AvgIpc) is 2.86. The molecule has 0 aliphatic heterocycles. The largest absolute Gasteiger partial charge is 0.308 e. The highest BCUT2D eigenvalue weighted by molar-refractivity contribution is 5.76. The van der Waals surface area contributed by atoms with Gasteiger partial charge in [-0.1, -0.05) is 38.1 Å². The van der Waals surface area contributed by atoms with Crippen LogP contribution in [-0.4, -0.2) is 20.2 Å². The summed E-state index contributed by atoms with van der Waals surface area (Å²) in [5.41, 5.74) is 4.15. The zero-order valence-electron chi connectivity index (χ0n) is 12.4. The van der Waals surface area contributed by atoms with E-state index in [0.29, 0.717) is 23.3 Å². The third-order valence-electron chi connectivity index (χ3n) is 3.67. The zero-order chi connectivity index (χ0) is 15.0. The Labute approximate surface area is 122 Å². The fraction of sp³-hybridized carbons (Fsp3) is 0.312. The summed E-state index contributed by atoms with van der Waals surface area (Å²) in [6.45, 7) is 6.14. The minimum Gasteiger partial charge on any atom is -0.308 e. The molecular weight excluding hydrogens is 264 g/mol. The average molecular weight is 282 g/mol. The smallest absolute Gasteiger partial charge is 0.276 e. The van der Waals surface area contributed by atoms with Gasteiger partial charge in [0, 0.05) is 6.42 Å². The van der Waals surface area contributed by atoms with Crippen molar-refractivity contribution in [3.63, 3.8) is 0 Å². The molecule has 0 aliphatic rings. The summed E-state index contributed by atoms with van der Waals surface area (Å²) in [6.07, 6.45) is 0.612. The summed E-state index contributed by atoms with van der Waals surface area (Å²) >= 11 is 0. The molecule has 0 radical (unpaired) electrons. The van der Waals surface area contributed by atoms with Crippen molar-refractivity contribution in [2.75, 3.05) is 0 Å². The molecule has 2 N–H and O–H groups in total. The van der Waals surface area contributed by atoms with Crippen LogP contribution in [0, 0.1) is 6.92 Å². The first kappa shape index (κ1) is 13.5. The Kier molecular flexibility index (Phi) is 3.33. The third kappa shape index (κ3) is 2.46. The first-order valence-electron chi connectivity index (χ1n) is 7.08. The molecule has 2 heterocycles. The van der Waals surface area contributed by atoms with Crippen molar-refractivity contribution in [3.8, 4) is 0 Å². The fourth-order valence-electron chi connectivity index (χ4n) is 2.45. The molecule has 5 heteroatoms. The lowest BCUT2D eigenvalue weighted by Crippen LogP contribution is -2.12. The Morgan fingerprint density at radius 1 is 1.24 bits per heavy atom. The molecule has 0 saturated heterocycles. The highest BCUT2D eigenvalue weighted by Gasteiger charge is 2.14. The van der Waals surface area contributed by atoms with Crippen LogP contribution in [0.5, 0.6) is 0 Å².